The predicted octanol–water partition coefficient (Wildman–Crippen LogP) is 1.96. The first-order valence-corrected chi connectivity index (χ1v) is 7.77. The molecule has 6 heteroatoms. The van der Waals surface area contributed by atoms with E-state index >= 15 is 0 Å². The van der Waals surface area contributed by atoms with Crippen molar-refractivity contribution in [3.63, 3.8) is 0 Å². The van der Waals surface area contributed by atoms with Crippen molar-refractivity contribution in [3.8, 4) is 0 Å². The molecule has 0 aliphatic carbocycles. The lowest BCUT2D eigenvalue weighted by Crippen LogP contribution is -2.19. The Balaban J connectivity index is 2.60. The molecule has 0 saturated carbocycles. The lowest BCUT2D eigenvalue weighted by molar-refractivity contribution is 0.405. The summed E-state index contributed by atoms with van der Waals surface area (Å²) in [4.78, 5) is 4.16. The summed E-state index contributed by atoms with van der Waals surface area (Å²) < 4.78 is 24.9. The van der Waals surface area contributed by atoms with Crippen LogP contribution in [0.4, 0.5) is 0 Å². The fraction of sp³-hybridized carbons (Fsp3) is 0.700. The van der Waals surface area contributed by atoms with E-state index in [9.17, 15) is 8.42 Å². The van der Waals surface area contributed by atoms with Crippen molar-refractivity contribution in [3.05, 3.63) is 11.5 Å². The van der Waals surface area contributed by atoms with E-state index in [4.69, 9.17) is 10.7 Å². The van der Waals surface area contributed by atoms with E-state index in [2.05, 4.69) is 11.9 Å². The number of hydrogen-bond donors (Lipinski definition) is 0. The second-order valence-electron chi connectivity index (χ2n) is 4.32. The quantitative estimate of drug-likeness (QED) is 0.766. The standard InChI is InChI=1S/C10H15ClN2O2S/c1-3-9-12-10(16(11,14)15)8-6-7(2)4-5-13(8)9/h7H,3-6H2,1-2H3. The Kier molecular flexibility index (Phi) is 3.01. The van der Waals surface area contributed by atoms with Gasteiger partial charge in [0.1, 0.15) is 5.82 Å². The molecule has 4 nitrogen and oxygen atoms in total. The van der Waals surface area contributed by atoms with Crippen LogP contribution in [0.5, 0.6) is 0 Å². The van der Waals surface area contributed by atoms with Gasteiger partial charge in [-0.25, -0.2) is 13.4 Å². The van der Waals surface area contributed by atoms with E-state index in [0.717, 1.165) is 37.3 Å². The summed E-state index contributed by atoms with van der Waals surface area (Å²) in [5, 5.41) is 0.0672. The fourth-order valence-corrected chi connectivity index (χ4v) is 3.28. The van der Waals surface area contributed by atoms with Gasteiger partial charge < -0.3 is 4.57 Å². The molecule has 2 rings (SSSR count). The molecule has 16 heavy (non-hydrogen) atoms. The molecule has 0 bridgehead atoms. The van der Waals surface area contributed by atoms with Crippen LogP contribution in [0.3, 0.4) is 0 Å². The van der Waals surface area contributed by atoms with Crippen LogP contribution in [-0.4, -0.2) is 18.0 Å². The summed E-state index contributed by atoms with van der Waals surface area (Å²) >= 11 is 0. The Morgan fingerprint density at radius 2 is 2.25 bits per heavy atom. The molecule has 1 atom stereocenters. The van der Waals surface area contributed by atoms with Gasteiger partial charge in [0, 0.05) is 23.6 Å². The molecular formula is C10H15ClN2O2S. The summed E-state index contributed by atoms with van der Waals surface area (Å²) in [6, 6.07) is 0. The van der Waals surface area contributed by atoms with E-state index in [1.54, 1.807) is 0 Å². The topological polar surface area (TPSA) is 52.0 Å². The van der Waals surface area contributed by atoms with E-state index < -0.39 is 9.05 Å². The van der Waals surface area contributed by atoms with E-state index in [-0.39, 0.29) is 5.03 Å². The minimum absolute atomic E-state index is 0.0672. The highest BCUT2D eigenvalue weighted by Crippen LogP contribution is 2.29. The number of aryl methyl sites for hydroxylation is 1. The number of fused-ring (bicyclic) bond motifs is 1. The third-order valence-electron chi connectivity index (χ3n) is 3.05. The number of halogens is 1. The maximum atomic E-state index is 11.4. The molecule has 0 radical (unpaired) electrons. The largest absolute Gasteiger partial charge is 0.331 e. The average Bonchev–Trinajstić information content (AvgIpc) is 2.54. The molecule has 90 valence electrons. The molecular weight excluding hydrogens is 248 g/mol. The zero-order valence-electron chi connectivity index (χ0n) is 9.40. The maximum Gasteiger partial charge on any atom is 0.280 e. The number of rotatable bonds is 2. The predicted molar refractivity (Wildman–Crippen MR) is 62.1 cm³/mol. The van der Waals surface area contributed by atoms with E-state index in [0.29, 0.717) is 5.92 Å². The SMILES string of the molecule is CCc1nc(S(=O)(=O)Cl)c2n1CCC(C)C2. The summed E-state index contributed by atoms with van der Waals surface area (Å²) in [5.74, 6) is 1.31. The van der Waals surface area contributed by atoms with Gasteiger partial charge in [-0.1, -0.05) is 13.8 Å². The minimum Gasteiger partial charge on any atom is -0.331 e. The van der Waals surface area contributed by atoms with Crippen molar-refractivity contribution in [2.24, 2.45) is 5.92 Å². The van der Waals surface area contributed by atoms with Gasteiger partial charge >= 0.3 is 0 Å². The van der Waals surface area contributed by atoms with Gasteiger partial charge in [-0.05, 0) is 18.8 Å². The number of aromatic nitrogens is 2. The highest BCUT2D eigenvalue weighted by atomic mass is 35.7. The maximum absolute atomic E-state index is 11.4. The van der Waals surface area contributed by atoms with Gasteiger partial charge in [-0.2, -0.15) is 0 Å². The molecule has 1 aromatic rings. The molecule has 0 aromatic carbocycles. The van der Waals surface area contributed by atoms with E-state index in [1.807, 2.05) is 11.5 Å². The number of nitrogens with zero attached hydrogens (tertiary/aromatic N) is 2. The first-order chi connectivity index (χ1) is 7.43. The summed E-state index contributed by atoms with van der Waals surface area (Å²) in [7, 11) is 1.69. The Bertz CT molecular complexity index is 507. The van der Waals surface area contributed by atoms with Crippen molar-refractivity contribution in [1.29, 1.82) is 0 Å². The van der Waals surface area contributed by atoms with Crippen LogP contribution >= 0.6 is 10.7 Å². The Hall–Kier alpha value is -0.550. The van der Waals surface area contributed by atoms with Crippen molar-refractivity contribution >= 4 is 19.7 Å². The second kappa shape index (κ2) is 4.04. The molecule has 0 saturated heterocycles. The van der Waals surface area contributed by atoms with Crippen molar-refractivity contribution in [2.75, 3.05) is 0 Å². The van der Waals surface area contributed by atoms with E-state index in [1.165, 1.54) is 0 Å². The normalized spacial score (nSPS) is 20.8. The minimum atomic E-state index is -3.72. The van der Waals surface area contributed by atoms with Crippen LogP contribution in [0.15, 0.2) is 5.03 Å². The van der Waals surface area contributed by atoms with Gasteiger partial charge in [0.2, 0.25) is 0 Å². The van der Waals surface area contributed by atoms with Crippen LogP contribution in [-0.2, 0) is 28.4 Å². The first kappa shape index (κ1) is 11.9. The zero-order valence-corrected chi connectivity index (χ0v) is 11.0. The monoisotopic (exact) mass is 262 g/mol. The number of imidazole rings is 1. The van der Waals surface area contributed by atoms with Gasteiger partial charge in [-0.3, -0.25) is 0 Å². The van der Waals surface area contributed by atoms with Crippen molar-refractivity contribution in [2.45, 2.75) is 44.7 Å². The molecule has 1 aromatic heterocycles. The summed E-state index contributed by atoms with van der Waals surface area (Å²) in [6.07, 6.45) is 2.54. The fourth-order valence-electron chi connectivity index (χ4n) is 2.22. The van der Waals surface area contributed by atoms with Crippen molar-refractivity contribution < 1.29 is 8.42 Å². The van der Waals surface area contributed by atoms with Crippen LogP contribution in [0.1, 0.15) is 31.8 Å². The van der Waals surface area contributed by atoms with Gasteiger partial charge in [0.05, 0.1) is 5.69 Å². The molecule has 0 N–H and O–H groups in total. The highest BCUT2D eigenvalue weighted by Gasteiger charge is 2.28. The molecule has 1 aliphatic heterocycles. The Labute approximate surface area is 100 Å². The van der Waals surface area contributed by atoms with Gasteiger partial charge in [0.25, 0.3) is 9.05 Å². The molecule has 0 fully saturated rings. The number of hydrogen-bond acceptors (Lipinski definition) is 3. The first-order valence-electron chi connectivity index (χ1n) is 5.46. The summed E-state index contributed by atoms with van der Waals surface area (Å²) in [6.45, 7) is 4.93. The lowest BCUT2D eigenvalue weighted by atomic mass is 9.98. The van der Waals surface area contributed by atoms with Crippen LogP contribution < -0.4 is 0 Å². The van der Waals surface area contributed by atoms with Crippen LogP contribution in [0, 0.1) is 5.92 Å². The molecule has 1 unspecified atom stereocenters. The molecule has 2 heterocycles. The highest BCUT2D eigenvalue weighted by molar-refractivity contribution is 8.13. The molecule has 0 amide bonds. The molecule has 1 aliphatic rings. The zero-order chi connectivity index (χ0) is 11.9. The average molecular weight is 263 g/mol. The van der Waals surface area contributed by atoms with Gasteiger partial charge in [-0.15, -0.1) is 0 Å². The Morgan fingerprint density at radius 3 is 2.81 bits per heavy atom. The summed E-state index contributed by atoms with van der Waals surface area (Å²) in [5.41, 5.74) is 0.783. The van der Waals surface area contributed by atoms with Crippen molar-refractivity contribution in [1.82, 2.24) is 9.55 Å². The smallest absolute Gasteiger partial charge is 0.280 e. The second-order valence-corrected chi connectivity index (χ2v) is 6.80. The Morgan fingerprint density at radius 1 is 1.56 bits per heavy atom. The van der Waals surface area contributed by atoms with Crippen LogP contribution in [0.2, 0.25) is 0 Å². The van der Waals surface area contributed by atoms with Crippen LogP contribution in [0.25, 0.3) is 0 Å². The third kappa shape index (κ3) is 1.98. The molecule has 0 spiro atoms. The lowest BCUT2D eigenvalue weighted by Gasteiger charge is -2.22. The van der Waals surface area contributed by atoms with Gasteiger partial charge in [0.15, 0.2) is 5.03 Å². The third-order valence-corrected chi connectivity index (χ3v) is 4.28.